The maximum Gasteiger partial charge on any atom is 0.261 e. The normalized spacial score (nSPS) is 10.7. The quantitative estimate of drug-likeness (QED) is 0.808. The van der Waals surface area contributed by atoms with Crippen LogP contribution in [-0.4, -0.2) is 10.5 Å². The van der Waals surface area contributed by atoms with Crippen LogP contribution in [-0.2, 0) is 13.0 Å². The molecule has 0 spiro atoms. The van der Waals surface area contributed by atoms with Gasteiger partial charge in [-0.25, -0.2) is 0 Å². The van der Waals surface area contributed by atoms with E-state index in [4.69, 9.17) is 0 Å². The molecule has 25 heavy (non-hydrogen) atoms. The zero-order valence-corrected chi connectivity index (χ0v) is 15.7. The van der Waals surface area contributed by atoms with Crippen LogP contribution in [0.15, 0.2) is 35.1 Å². The molecule has 1 aromatic carbocycles. The van der Waals surface area contributed by atoms with E-state index < -0.39 is 0 Å². The second kappa shape index (κ2) is 8.65. The number of unbranched alkanes of at least 4 members (excludes halogenated alkanes) is 1. The number of benzene rings is 1. The molecule has 2 aromatic rings. The number of carbonyl (C=O) groups is 1. The predicted molar refractivity (Wildman–Crippen MR) is 103 cm³/mol. The summed E-state index contributed by atoms with van der Waals surface area (Å²) >= 11 is 0. The van der Waals surface area contributed by atoms with Crippen LogP contribution in [0.3, 0.4) is 0 Å². The van der Waals surface area contributed by atoms with Crippen LogP contribution in [0.1, 0.15) is 60.4 Å². The third-order valence-corrected chi connectivity index (χ3v) is 4.46. The van der Waals surface area contributed by atoms with Crippen molar-refractivity contribution in [3.8, 4) is 0 Å². The van der Waals surface area contributed by atoms with Crippen LogP contribution in [0.2, 0.25) is 0 Å². The highest BCUT2D eigenvalue weighted by Gasteiger charge is 2.20. The van der Waals surface area contributed by atoms with Gasteiger partial charge < -0.3 is 9.88 Å². The molecule has 0 radical (unpaired) electrons. The summed E-state index contributed by atoms with van der Waals surface area (Å²) in [5.41, 5.74) is 3.60. The molecule has 1 heterocycles. The Morgan fingerprint density at radius 2 is 1.84 bits per heavy atom. The Hall–Kier alpha value is -2.36. The average Bonchev–Trinajstić information content (AvgIpc) is 2.57. The molecule has 0 saturated heterocycles. The van der Waals surface area contributed by atoms with E-state index in [1.165, 1.54) is 0 Å². The molecule has 0 aliphatic carbocycles. The second-order valence-corrected chi connectivity index (χ2v) is 6.50. The number of rotatable bonds is 7. The first kappa shape index (κ1) is 19.0. The van der Waals surface area contributed by atoms with Gasteiger partial charge in [-0.3, -0.25) is 9.59 Å². The van der Waals surface area contributed by atoms with E-state index in [1.807, 2.05) is 38.1 Å². The maximum absolute atomic E-state index is 12.9. The minimum Gasteiger partial charge on any atom is -0.348 e. The van der Waals surface area contributed by atoms with E-state index in [-0.39, 0.29) is 16.9 Å². The minimum absolute atomic E-state index is 0.193. The number of nitrogens with one attached hydrogen (secondary N) is 1. The molecule has 4 heteroatoms. The number of para-hydroxylation sites is 1. The lowest BCUT2D eigenvalue weighted by Crippen LogP contribution is -2.28. The van der Waals surface area contributed by atoms with E-state index in [2.05, 4.69) is 23.7 Å². The van der Waals surface area contributed by atoms with Crippen LogP contribution in [0, 0.1) is 13.8 Å². The number of nitrogens with zero attached hydrogens (tertiary/aromatic N) is 1. The highest BCUT2D eigenvalue weighted by Crippen LogP contribution is 2.18. The summed E-state index contributed by atoms with van der Waals surface area (Å²) in [4.78, 5) is 25.5. The number of aryl methyl sites for hydroxylation is 2. The maximum atomic E-state index is 12.9. The van der Waals surface area contributed by atoms with Gasteiger partial charge in [0.25, 0.3) is 5.91 Å². The van der Waals surface area contributed by atoms with Gasteiger partial charge in [-0.05, 0) is 44.7 Å². The van der Waals surface area contributed by atoms with E-state index >= 15 is 0 Å². The molecule has 0 aliphatic rings. The predicted octanol–water partition coefficient (Wildman–Crippen LogP) is 4.47. The van der Waals surface area contributed by atoms with Gasteiger partial charge >= 0.3 is 0 Å². The summed E-state index contributed by atoms with van der Waals surface area (Å²) in [5.74, 6) is -0.310. The number of hydrogen-bond donors (Lipinski definition) is 1. The fourth-order valence-electron chi connectivity index (χ4n) is 3.11. The van der Waals surface area contributed by atoms with Gasteiger partial charge in [-0.2, -0.15) is 0 Å². The Morgan fingerprint density at radius 1 is 1.12 bits per heavy atom. The Morgan fingerprint density at radius 3 is 2.48 bits per heavy atom. The van der Waals surface area contributed by atoms with Gasteiger partial charge in [0.05, 0.1) is 0 Å². The molecule has 4 nitrogen and oxygen atoms in total. The smallest absolute Gasteiger partial charge is 0.261 e. The zero-order chi connectivity index (χ0) is 18.4. The van der Waals surface area contributed by atoms with Crippen molar-refractivity contribution < 1.29 is 4.79 Å². The standard InChI is InChI=1S/C21H28N2O2/c1-5-7-12-18-20(19(24)14-16(4)23(18)13-6-2)21(25)22-17-11-9-8-10-15(17)3/h8-11,14H,5-7,12-13H2,1-4H3,(H,22,25). The number of hydrogen-bond acceptors (Lipinski definition) is 2. The second-order valence-electron chi connectivity index (χ2n) is 6.50. The monoisotopic (exact) mass is 340 g/mol. The highest BCUT2D eigenvalue weighted by molar-refractivity contribution is 6.05. The number of aromatic nitrogens is 1. The minimum atomic E-state index is -0.310. The third-order valence-electron chi connectivity index (χ3n) is 4.46. The van der Waals surface area contributed by atoms with Gasteiger partial charge in [-0.15, -0.1) is 0 Å². The summed E-state index contributed by atoms with van der Waals surface area (Å²) in [5, 5.41) is 2.92. The summed E-state index contributed by atoms with van der Waals surface area (Å²) in [6, 6.07) is 9.19. The van der Waals surface area contributed by atoms with Crippen molar-refractivity contribution in [2.45, 2.75) is 59.9 Å². The Kier molecular flexibility index (Phi) is 6.57. The van der Waals surface area contributed by atoms with E-state index in [0.717, 1.165) is 54.9 Å². The molecule has 0 bridgehead atoms. The molecular formula is C21H28N2O2. The molecule has 2 rings (SSSR count). The highest BCUT2D eigenvalue weighted by atomic mass is 16.2. The van der Waals surface area contributed by atoms with Gasteiger partial charge in [0.2, 0.25) is 0 Å². The van der Waals surface area contributed by atoms with Crippen LogP contribution in [0.25, 0.3) is 0 Å². The first-order valence-electron chi connectivity index (χ1n) is 9.09. The van der Waals surface area contributed by atoms with E-state index in [1.54, 1.807) is 6.07 Å². The van der Waals surface area contributed by atoms with Crippen molar-refractivity contribution in [2.75, 3.05) is 5.32 Å². The first-order valence-corrected chi connectivity index (χ1v) is 9.09. The van der Waals surface area contributed by atoms with Crippen molar-refractivity contribution in [3.05, 3.63) is 63.1 Å². The number of amides is 1. The van der Waals surface area contributed by atoms with Gasteiger partial charge in [0.1, 0.15) is 5.56 Å². The Labute approximate surface area is 149 Å². The SMILES string of the molecule is CCCCc1c(C(=O)Nc2ccccc2C)c(=O)cc(C)n1CCC. The van der Waals surface area contributed by atoms with Crippen LogP contribution in [0.5, 0.6) is 0 Å². The molecule has 134 valence electrons. The summed E-state index contributed by atoms with van der Waals surface area (Å²) < 4.78 is 2.13. The van der Waals surface area contributed by atoms with Crippen LogP contribution >= 0.6 is 0 Å². The third kappa shape index (κ3) is 4.38. The molecule has 0 saturated carbocycles. The molecule has 0 atom stereocenters. The van der Waals surface area contributed by atoms with Crippen molar-refractivity contribution in [1.82, 2.24) is 4.57 Å². The summed E-state index contributed by atoms with van der Waals surface area (Å²) in [6.07, 6.45) is 3.68. The number of anilines is 1. The lowest BCUT2D eigenvalue weighted by molar-refractivity contribution is 0.102. The lowest BCUT2D eigenvalue weighted by atomic mass is 10.0. The van der Waals surface area contributed by atoms with Crippen LogP contribution < -0.4 is 10.7 Å². The Bertz CT molecular complexity index is 806. The number of carbonyl (C=O) groups excluding carboxylic acids is 1. The van der Waals surface area contributed by atoms with Crippen molar-refractivity contribution in [3.63, 3.8) is 0 Å². The van der Waals surface area contributed by atoms with Crippen molar-refractivity contribution in [1.29, 1.82) is 0 Å². The van der Waals surface area contributed by atoms with E-state index in [0.29, 0.717) is 0 Å². The molecule has 0 fully saturated rings. The molecule has 0 unspecified atom stereocenters. The zero-order valence-electron chi connectivity index (χ0n) is 15.7. The first-order chi connectivity index (χ1) is 12.0. The Balaban J connectivity index is 2.50. The molecular weight excluding hydrogens is 312 g/mol. The van der Waals surface area contributed by atoms with Gasteiger partial charge in [0.15, 0.2) is 5.43 Å². The lowest BCUT2D eigenvalue weighted by Gasteiger charge is -2.20. The average molecular weight is 340 g/mol. The fourth-order valence-corrected chi connectivity index (χ4v) is 3.11. The van der Waals surface area contributed by atoms with Crippen LogP contribution in [0.4, 0.5) is 5.69 Å². The molecule has 1 N–H and O–H groups in total. The summed E-state index contributed by atoms with van der Waals surface area (Å²) in [6.45, 7) is 8.92. The van der Waals surface area contributed by atoms with Gasteiger partial charge in [-0.1, -0.05) is 38.5 Å². The molecule has 1 aromatic heterocycles. The van der Waals surface area contributed by atoms with Crippen molar-refractivity contribution >= 4 is 11.6 Å². The fraction of sp³-hybridized carbons (Fsp3) is 0.429. The number of pyridine rings is 1. The summed E-state index contributed by atoms with van der Waals surface area (Å²) in [7, 11) is 0. The molecule has 0 aliphatic heterocycles. The molecule has 1 amide bonds. The van der Waals surface area contributed by atoms with Crippen molar-refractivity contribution in [2.24, 2.45) is 0 Å². The van der Waals surface area contributed by atoms with Gasteiger partial charge in [0, 0.05) is 29.7 Å². The largest absolute Gasteiger partial charge is 0.348 e. The van der Waals surface area contributed by atoms with E-state index in [9.17, 15) is 9.59 Å². The topological polar surface area (TPSA) is 51.1 Å².